The van der Waals surface area contributed by atoms with Crippen molar-refractivity contribution in [1.82, 2.24) is 15.5 Å². The lowest BCUT2D eigenvalue weighted by Crippen LogP contribution is -2.15. The first-order valence-electron chi connectivity index (χ1n) is 5.30. The summed E-state index contributed by atoms with van der Waals surface area (Å²) >= 11 is 1.65. The maximum atomic E-state index is 5.67. The summed E-state index contributed by atoms with van der Waals surface area (Å²) < 4.78 is 5.67. The van der Waals surface area contributed by atoms with E-state index in [1.54, 1.807) is 11.3 Å². The zero-order valence-electron chi connectivity index (χ0n) is 9.65. The topological polar surface area (TPSA) is 51.0 Å². The minimum Gasteiger partial charge on any atom is -0.419 e. The Hall–Kier alpha value is -1.20. The second-order valence-electron chi connectivity index (χ2n) is 3.66. The van der Waals surface area contributed by atoms with Crippen LogP contribution in [0.25, 0.3) is 11.5 Å². The Balaban J connectivity index is 2.29. The van der Waals surface area contributed by atoms with Crippen LogP contribution in [0.1, 0.15) is 30.8 Å². The molecule has 0 saturated carbocycles. The molecule has 1 atom stereocenters. The average molecular weight is 237 g/mol. The van der Waals surface area contributed by atoms with Crippen LogP contribution in [0.3, 0.4) is 0 Å². The lowest BCUT2D eigenvalue weighted by molar-refractivity contribution is 0.415. The molecule has 2 heterocycles. The third kappa shape index (κ3) is 2.01. The molecule has 1 N–H and O–H groups in total. The van der Waals surface area contributed by atoms with Gasteiger partial charge in [-0.3, -0.25) is 0 Å². The van der Waals surface area contributed by atoms with Gasteiger partial charge in [-0.15, -0.1) is 10.2 Å². The van der Waals surface area contributed by atoms with Gasteiger partial charge < -0.3 is 9.73 Å². The van der Waals surface area contributed by atoms with Gasteiger partial charge in [-0.2, -0.15) is 11.3 Å². The molecule has 4 nitrogen and oxygen atoms in total. The molecule has 16 heavy (non-hydrogen) atoms. The smallest absolute Gasteiger partial charge is 0.248 e. The fourth-order valence-electron chi connectivity index (χ4n) is 1.57. The van der Waals surface area contributed by atoms with E-state index >= 15 is 0 Å². The molecule has 0 spiro atoms. The Morgan fingerprint density at radius 2 is 2.25 bits per heavy atom. The Labute approximate surface area is 98.7 Å². The summed E-state index contributed by atoms with van der Waals surface area (Å²) in [4.78, 5) is 0. The predicted molar refractivity (Wildman–Crippen MR) is 64.4 cm³/mol. The van der Waals surface area contributed by atoms with Gasteiger partial charge in [-0.05, 0) is 31.3 Å². The van der Waals surface area contributed by atoms with Crippen LogP contribution in [0.5, 0.6) is 0 Å². The van der Waals surface area contributed by atoms with Crippen molar-refractivity contribution >= 4 is 11.3 Å². The van der Waals surface area contributed by atoms with E-state index in [1.165, 1.54) is 5.56 Å². The minimum absolute atomic E-state index is 0.139. The largest absolute Gasteiger partial charge is 0.419 e. The number of thiophene rings is 1. The summed E-state index contributed by atoms with van der Waals surface area (Å²) in [7, 11) is 1.90. The second kappa shape index (κ2) is 4.76. The summed E-state index contributed by atoms with van der Waals surface area (Å²) in [6, 6.07) is 0.139. The number of aryl methyl sites for hydroxylation is 1. The van der Waals surface area contributed by atoms with Crippen molar-refractivity contribution in [2.24, 2.45) is 0 Å². The van der Waals surface area contributed by atoms with Crippen molar-refractivity contribution in [2.45, 2.75) is 26.3 Å². The number of hydrogen-bond acceptors (Lipinski definition) is 5. The Morgan fingerprint density at radius 1 is 1.44 bits per heavy atom. The van der Waals surface area contributed by atoms with Crippen LogP contribution in [0.15, 0.2) is 15.2 Å². The Bertz CT molecular complexity index is 459. The lowest BCUT2D eigenvalue weighted by Gasteiger charge is -2.06. The van der Waals surface area contributed by atoms with Gasteiger partial charge in [-0.25, -0.2) is 0 Å². The molecule has 86 valence electrons. The van der Waals surface area contributed by atoms with Gasteiger partial charge >= 0.3 is 0 Å². The minimum atomic E-state index is 0.139. The molecule has 1 unspecified atom stereocenters. The van der Waals surface area contributed by atoms with Gasteiger partial charge in [0, 0.05) is 5.38 Å². The molecule has 0 bridgehead atoms. The molecule has 0 fully saturated rings. The highest BCUT2D eigenvalue weighted by Crippen LogP contribution is 2.27. The summed E-state index contributed by atoms with van der Waals surface area (Å²) in [6.07, 6.45) is 0.931. The molecule has 0 aliphatic carbocycles. The number of nitrogens with one attached hydrogen (secondary N) is 1. The van der Waals surface area contributed by atoms with Crippen molar-refractivity contribution in [1.29, 1.82) is 0 Å². The Morgan fingerprint density at radius 3 is 2.81 bits per heavy atom. The molecule has 2 rings (SSSR count). The van der Waals surface area contributed by atoms with Crippen LogP contribution in [0, 0.1) is 6.92 Å². The van der Waals surface area contributed by atoms with Gasteiger partial charge in [0.2, 0.25) is 11.8 Å². The summed E-state index contributed by atoms with van der Waals surface area (Å²) in [5.41, 5.74) is 2.22. The van der Waals surface area contributed by atoms with E-state index in [0.29, 0.717) is 11.8 Å². The van der Waals surface area contributed by atoms with Gasteiger partial charge in [0.05, 0.1) is 11.6 Å². The third-order valence-electron chi connectivity index (χ3n) is 2.58. The Kier molecular flexibility index (Phi) is 3.36. The molecule has 2 aromatic rings. The SMILES string of the molecule is CCC(NC)c1nnc(-c2cscc2C)o1. The van der Waals surface area contributed by atoms with E-state index in [1.807, 2.05) is 19.4 Å². The zero-order valence-corrected chi connectivity index (χ0v) is 10.5. The number of hydrogen-bond donors (Lipinski definition) is 1. The highest BCUT2D eigenvalue weighted by Gasteiger charge is 2.16. The van der Waals surface area contributed by atoms with Crippen LogP contribution in [-0.2, 0) is 0 Å². The molecule has 0 aliphatic heterocycles. The van der Waals surface area contributed by atoms with Gasteiger partial charge in [0.15, 0.2) is 0 Å². The van der Waals surface area contributed by atoms with Crippen LogP contribution in [0.4, 0.5) is 0 Å². The van der Waals surface area contributed by atoms with Crippen molar-refractivity contribution in [2.75, 3.05) is 7.05 Å². The maximum absolute atomic E-state index is 5.67. The zero-order chi connectivity index (χ0) is 11.5. The van der Waals surface area contributed by atoms with Crippen molar-refractivity contribution in [3.63, 3.8) is 0 Å². The second-order valence-corrected chi connectivity index (χ2v) is 4.41. The van der Waals surface area contributed by atoms with E-state index in [9.17, 15) is 0 Å². The molecule has 0 aliphatic rings. The van der Waals surface area contributed by atoms with Crippen LogP contribution >= 0.6 is 11.3 Å². The van der Waals surface area contributed by atoms with Crippen LogP contribution in [-0.4, -0.2) is 17.2 Å². The molecule has 5 heteroatoms. The lowest BCUT2D eigenvalue weighted by atomic mass is 10.2. The first-order chi connectivity index (χ1) is 7.76. The van der Waals surface area contributed by atoms with Crippen LogP contribution in [0.2, 0.25) is 0 Å². The predicted octanol–water partition coefficient (Wildman–Crippen LogP) is 2.78. The quantitative estimate of drug-likeness (QED) is 0.888. The molecule has 0 aromatic carbocycles. The number of aromatic nitrogens is 2. The summed E-state index contributed by atoms with van der Waals surface area (Å²) in [5.74, 6) is 1.27. The van der Waals surface area contributed by atoms with Crippen molar-refractivity contribution in [3.8, 4) is 11.5 Å². The van der Waals surface area contributed by atoms with Crippen molar-refractivity contribution in [3.05, 3.63) is 22.2 Å². The monoisotopic (exact) mass is 237 g/mol. The highest BCUT2D eigenvalue weighted by molar-refractivity contribution is 7.08. The first-order valence-corrected chi connectivity index (χ1v) is 6.24. The fraction of sp³-hybridized carbons (Fsp3) is 0.455. The molecule has 0 saturated heterocycles. The van der Waals surface area contributed by atoms with Gasteiger partial charge in [0.1, 0.15) is 0 Å². The summed E-state index contributed by atoms with van der Waals surface area (Å²) in [6.45, 7) is 4.13. The molecule has 0 amide bonds. The van der Waals surface area contributed by atoms with Crippen molar-refractivity contribution < 1.29 is 4.42 Å². The van der Waals surface area contributed by atoms with E-state index in [-0.39, 0.29) is 6.04 Å². The fourth-order valence-corrected chi connectivity index (χ4v) is 2.39. The summed E-state index contributed by atoms with van der Waals surface area (Å²) in [5, 5.41) is 15.4. The third-order valence-corrected chi connectivity index (χ3v) is 3.44. The standard InChI is InChI=1S/C11H15N3OS/c1-4-9(12-3)11-14-13-10(15-11)8-6-16-5-7(8)2/h5-6,9,12H,4H2,1-3H3. The normalized spacial score (nSPS) is 12.9. The number of rotatable bonds is 4. The van der Waals surface area contributed by atoms with Crippen LogP contribution < -0.4 is 5.32 Å². The van der Waals surface area contributed by atoms with Gasteiger partial charge in [0.25, 0.3) is 0 Å². The highest BCUT2D eigenvalue weighted by atomic mass is 32.1. The van der Waals surface area contributed by atoms with E-state index in [4.69, 9.17) is 4.42 Å². The molecular weight excluding hydrogens is 222 g/mol. The maximum Gasteiger partial charge on any atom is 0.248 e. The average Bonchev–Trinajstić information content (AvgIpc) is 2.89. The molecule has 2 aromatic heterocycles. The number of nitrogens with zero attached hydrogens (tertiary/aromatic N) is 2. The van der Waals surface area contributed by atoms with E-state index in [0.717, 1.165) is 12.0 Å². The first kappa shape index (κ1) is 11.3. The molecular formula is C11H15N3OS. The molecule has 0 radical (unpaired) electrons. The van der Waals surface area contributed by atoms with E-state index in [2.05, 4.69) is 27.8 Å². The van der Waals surface area contributed by atoms with Gasteiger partial charge in [-0.1, -0.05) is 6.92 Å². The van der Waals surface area contributed by atoms with E-state index < -0.39 is 0 Å².